The number of rotatable bonds is 9. The number of nitrogens with one attached hydrogen (secondary N) is 3. The SMILES string of the molecule is O=C(CSc1ccc(NC(=O)/C(=C/c2ccco2)NC(=O)c2ccccc2)cc1)Nc1cccc(Cl)c1. The van der Waals surface area contributed by atoms with Crippen LogP contribution in [0.5, 0.6) is 0 Å². The van der Waals surface area contributed by atoms with Crippen molar-refractivity contribution in [1.29, 1.82) is 0 Å². The fraction of sp³-hybridized carbons (Fsp3) is 0.0357. The molecule has 0 aliphatic rings. The molecule has 0 unspecified atom stereocenters. The molecule has 186 valence electrons. The summed E-state index contributed by atoms with van der Waals surface area (Å²) in [4.78, 5) is 38.7. The Bertz CT molecular complexity index is 1410. The summed E-state index contributed by atoms with van der Waals surface area (Å²) in [5.41, 5.74) is 1.60. The van der Waals surface area contributed by atoms with Crippen LogP contribution in [0.15, 0.2) is 112 Å². The third kappa shape index (κ3) is 7.86. The lowest BCUT2D eigenvalue weighted by atomic mass is 10.2. The molecule has 7 nitrogen and oxygen atoms in total. The Morgan fingerprint density at radius 3 is 2.32 bits per heavy atom. The van der Waals surface area contributed by atoms with Gasteiger partial charge in [-0.05, 0) is 66.7 Å². The van der Waals surface area contributed by atoms with E-state index in [0.29, 0.717) is 27.7 Å². The normalized spacial score (nSPS) is 11.0. The Hall–Kier alpha value is -4.27. The molecule has 9 heteroatoms. The van der Waals surface area contributed by atoms with Gasteiger partial charge in [0.25, 0.3) is 11.8 Å². The number of hydrogen-bond acceptors (Lipinski definition) is 5. The molecule has 0 spiro atoms. The zero-order valence-electron chi connectivity index (χ0n) is 19.4. The molecule has 3 aromatic carbocycles. The molecule has 0 aliphatic heterocycles. The third-order valence-corrected chi connectivity index (χ3v) is 6.20. The average molecular weight is 532 g/mol. The first-order valence-electron chi connectivity index (χ1n) is 11.2. The maximum Gasteiger partial charge on any atom is 0.272 e. The van der Waals surface area contributed by atoms with Crippen LogP contribution >= 0.6 is 23.4 Å². The number of thioether (sulfide) groups is 1. The van der Waals surface area contributed by atoms with Gasteiger partial charge in [-0.1, -0.05) is 35.9 Å². The molecule has 4 aromatic rings. The molecule has 37 heavy (non-hydrogen) atoms. The van der Waals surface area contributed by atoms with Gasteiger partial charge in [0, 0.05) is 32.9 Å². The Balaban J connectivity index is 1.36. The smallest absolute Gasteiger partial charge is 0.272 e. The van der Waals surface area contributed by atoms with Crippen molar-refractivity contribution in [3.63, 3.8) is 0 Å². The topological polar surface area (TPSA) is 100 Å². The highest BCUT2D eigenvalue weighted by atomic mass is 35.5. The van der Waals surface area contributed by atoms with E-state index in [-0.39, 0.29) is 17.4 Å². The highest BCUT2D eigenvalue weighted by Crippen LogP contribution is 2.22. The van der Waals surface area contributed by atoms with E-state index in [1.807, 2.05) is 0 Å². The van der Waals surface area contributed by atoms with Crippen LogP contribution in [0.25, 0.3) is 6.08 Å². The van der Waals surface area contributed by atoms with E-state index in [9.17, 15) is 14.4 Å². The summed E-state index contributed by atoms with van der Waals surface area (Å²) >= 11 is 7.30. The van der Waals surface area contributed by atoms with E-state index >= 15 is 0 Å². The quantitative estimate of drug-likeness (QED) is 0.180. The second-order valence-corrected chi connectivity index (χ2v) is 9.20. The second-order valence-electron chi connectivity index (χ2n) is 7.72. The molecule has 4 rings (SSSR count). The fourth-order valence-electron chi connectivity index (χ4n) is 3.20. The van der Waals surface area contributed by atoms with Crippen molar-refractivity contribution in [2.45, 2.75) is 4.90 Å². The first-order chi connectivity index (χ1) is 18.0. The van der Waals surface area contributed by atoms with Gasteiger partial charge in [-0.25, -0.2) is 0 Å². The van der Waals surface area contributed by atoms with Crippen molar-refractivity contribution < 1.29 is 18.8 Å². The van der Waals surface area contributed by atoms with Crippen molar-refractivity contribution in [2.24, 2.45) is 0 Å². The lowest BCUT2D eigenvalue weighted by Crippen LogP contribution is -2.30. The highest BCUT2D eigenvalue weighted by Gasteiger charge is 2.16. The number of furan rings is 1. The van der Waals surface area contributed by atoms with Crippen molar-refractivity contribution in [2.75, 3.05) is 16.4 Å². The van der Waals surface area contributed by atoms with Crippen LogP contribution in [0.4, 0.5) is 11.4 Å². The van der Waals surface area contributed by atoms with Crippen LogP contribution in [0, 0.1) is 0 Å². The number of amides is 3. The summed E-state index contributed by atoms with van der Waals surface area (Å²) in [7, 11) is 0. The molecule has 3 N–H and O–H groups in total. The van der Waals surface area contributed by atoms with Gasteiger partial charge in [-0.15, -0.1) is 11.8 Å². The molecule has 3 amide bonds. The minimum Gasteiger partial charge on any atom is -0.465 e. The maximum atomic E-state index is 13.0. The maximum absolute atomic E-state index is 13.0. The number of benzene rings is 3. The Morgan fingerprint density at radius 2 is 1.62 bits per heavy atom. The monoisotopic (exact) mass is 531 g/mol. The van der Waals surface area contributed by atoms with Gasteiger partial charge in [-0.3, -0.25) is 14.4 Å². The molecule has 0 saturated carbocycles. The van der Waals surface area contributed by atoms with Gasteiger partial charge in [0.2, 0.25) is 5.91 Å². The predicted octanol–water partition coefficient (Wildman–Crippen LogP) is 6.07. The van der Waals surface area contributed by atoms with Crippen molar-refractivity contribution in [3.8, 4) is 0 Å². The van der Waals surface area contributed by atoms with Gasteiger partial charge >= 0.3 is 0 Å². The lowest BCUT2D eigenvalue weighted by molar-refractivity contribution is -0.114. The summed E-state index contributed by atoms with van der Waals surface area (Å²) in [5, 5.41) is 8.77. The zero-order valence-corrected chi connectivity index (χ0v) is 21.0. The van der Waals surface area contributed by atoms with Crippen molar-refractivity contribution >= 4 is 58.5 Å². The van der Waals surface area contributed by atoms with E-state index in [4.69, 9.17) is 16.0 Å². The highest BCUT2D eigenvalue weighted by molar-refractivity contribution is 8.00. The van der Waals surface area contributed by atoms with E-state index in [0.717, 1.165) is 4.90 Å². The van der Waals surface area contributed by atoms with Gasteiger partial charge in [0.15, 0.2) is 0 Å². The van der Waals surface area contributed by atoms with E-state index < -0.39 is 11.8 Å². The number of carbonyl (C=O) groups is 3. The van der Waals surface area contributed by atoms with Gasteiger partial charge in [0.1, 0.15) is 11.5 Å². The van der Waals surface area contributed by atoms with Crippen molar-refractivity contribution in [1.82, 2.24) is 5.32 Å². The van der Waals surface area contributed by atoms with Crippen LogP contribution in [0.1, 0.15) is 16.1 Å². The minimum atomic E-state index is -0.512. The average Bonchev–Trinajstić information content (AvgIpc) is 3.41. The van der Waals surface area contributed by atoms with Crippen LogP contribution < -0.4 is 16.0 Å². The summed E-state index contributed by atoms with van der Waals surface area (Å²) in [6.07, 6.45) is 2.94. The summed E-state index contributed by atoms with van der Waals surface area (Å²) in [6.45, 7) is 0. The number of halogens is 1. The third-order valence-electron chi connectivity index (χ3n) is 4.95. The number of hydrogen-bond donors (Lipinski definition) is 3. The van der Waals surface area contributed by atoms with Gasteiger partial charge in [-0.2, -0.15) is 0 Å². The zero-order chi connectivity index (χ0) is 26.0. The molecule has 0 aliphatic carbocycles. The number of anilines is 2. The van der Waals surface area contributed by atoms with E-state index in [2.05, 4.69) is 16.0 Å². The van der Waals surface area contributed by atoms with Crippen molar-refractivity contribution in [3.05, 3.63) is 119 Å². The molecule has 1 aromatic heterocycles. The summed E-state index contributed by atoms with van der Waals surface area (Å²) in [6, 6.07) is 25.9. The standard InChI is InChI=1S/C28H22ClN3O4S/c29-20-8-4-9-22(16-20)30-26(33)18-37-24-13-11-21(12-14-24)31-28(35)25(17-23-10-5-15-36-23)32-27(34)19-6-2-1-3-7-19/h1-17H,18H2,(H,30,33)(H,31,35)(H,32,34)/b25-17-. The molecule has 0 atom stereocenters. The lowest BCUT2D eigenvalue weighted by Gasteiger charge is -2.11. The van der Waals surface area contributed by atoms with Crippen LogP contribution in [-0.2, 0) is 9.59 Å². The molecule has 0 fully saturated rings. The van der Waals surface area contributed by atoms with Gasteiger partial charge in [0.05, 0.1) is 12.0 Å². The van der Waals surface area contributed by atoms with Crippen LogP contribution in [-0.4, -0.2) is 23.5 Å². The fourth-order valence-corrected chi connectivity index (χ4v) is 4.09. The Kier molecular flexibility index (Phi) is 8.80. The first-order valence-corrected chi connectivity index (χ1v) is 12.5. The van der Waals surface area contributed by atoms with E-state index in [1.165, 1.54) is 24.1 Å². The first kappa shape index (κ1) is 25.8. The summed E-state index contributed by atoms with van der Waals surface area (Å²) in [5.74, 6) is -0.467. The molecule has 1 heterocycles. The summed E-state index contributed by atoms with van der Waals surface area (Å²) < 4.78 is 5.31. The minimum absolute atomic E-state index is 0.0277. The molecule has 0 radical (unpaired) electrons. The Labute approximate surface area is 222 Å². The molecule has 0 saturated heterocycles. The van der Waals surface area contributed by atoms with Crippen LogP contribution in [0.2, 0.25) is 5.02 Å². The van der Waals surface area contributed by atoms with E-state index in [1.54, 1.807) is 91.0 Å². The molecule has 0 bridgehead atoms. The largest absolute Gasteiger partial charge is 0.465 e. The number of carbonyl (C=O) groups excluding carboxylic acids is 3. The molecular formula is C28H22ClN3O4S. The second kappa shape index (κ2) is 12.6. The predicted molar refractivity (Wildman–Crippen MR) is 146 cm³/mol. The van der Waals surface area contributed by atoms with Crippen LogP contribution in [0.3, 0.4) is 0 Å². The Morgan fingerprint density at radius 1 is 0.838 bits per heavy atom. The van der Waals surface area contributed by atoms with Gasteiger partial charge < -0.3 is 20.4 Å². The molecular weight excluding hydrogens is 510 g/mol.